The van der Waals surface area contributed by atoms with Crippen molar-refractivity contribution in [2.45, 2.75) is 5.92 Å². The third-order valence-electron chi connectivity index (χ3n) is 4.35. The fraction of sp³-hybridized carbons (Fsp3) is 0.200. The van der Waals surface area contributed by atoms with E-state index in [0.29, 0.717) is 10.6 Å². The van der Waals surface area contributed by atoms with E-state index in [1.165, 1.54) is 13.2 Å². The Bertz CT molecular complexity index is 765. The molecule has 1 fully saturated rings. The third kappa shape index (κ3) is 3.41. The highest BCUT2D eigenvalue weighted by Gasteiger charge is 2.53. The molecule has 24 heavy (non-hydrogen) atoms. The van der Waals surface area contributed by atoms with E-state index in [4.69, 9.17) is 11.6 Å². The molecule has 2 aromatic rings. The van der Waals surface area contributed by atoms with Gasteiger partial charge in [-0.3, -0.25) is 4.79 Å². The first-order valence-electron chi connectivity index (χ1n) is 7.72. The van der Waals surface area contributed by atoms with Crippen LogP contribution in [-0.4, -0.2) is 18.9 Å². The number of esters is 1. The van der Waals surface area contributed by atoms with Gasteiger partial charge in [0.05, 0.1) is 7.11 Å². The second-order valence-corrected chi connectivity index (χ2v) is 6.23. The predicted octanol–water partition coefficient (Wildman–Crippen LogP) is 4.28. The van der Waals surface area contributed by atoms with Crippen molar-refractivity contribution in [2.75, 3.05) is 7.11 Å². The van der Waals surface area contributed by atoms with Gasteiger partial charge in [-0.15, -0.1) is 0 Å². The van der Waals surface area contributed by atoms with Gasteiger partial charge in [0.1, 0.15) is 0 Å². The van der Waals surface area contributed by atoms with Gasteiger partial charge < -0.3 is 4.74 Å². The first-order chi connectivity index (χ1) is 11.6. The van der Waals surface area contributed by atoms with Crippen LogP contribution >= 0.6 is 11.6 Å². The van der Waals surface area contributed by atoms with E-state index >= 15 is 0 Å². The average Bonchev–Trinajstić information content (AvgIpc) is 3.34. The monoisotopic (exact) mass is 340 g/mol. The third-order valence-corrected chi connectivity index (χ3v) is 4.60. The molecular weight excluding hydrogens is 324 g/mol. The largest absolute Gasteiger partial charge is 0.466 e. The van der Waals surface area contributed by atoms with E-state index in [9.17, 15) is 9.59 Å². The minimum atomic E-state index is -0.411. The molecular formula is C20H17ClO3. The molecule has 2 aromatic carbocycles. The van der Waals surface area contributed by atoms with Gasteiger partial charge >= 0.3 is 5.97 Å². The van der Waals surface area contributed by atoms with E-state index in [1.54, 1.807) is 30.3 Å². The lowest BCUT2D eigenvalue weighted by molar-refractivity contribution is -0.134. The number of allylic oxidation sites excluding steroid dienone is 1. The molecule has 3 atom stereocenters. The van der Waals surface area contributed by atoms with Gasteiger partial charge in [-0.25, -0.2) is 4.79 Å². The number of rotatable bonds is 5. The van der Waals surface area contributed by atoms with Gasteiger partial charge in [-0.1, -0.05) is 48.0 Å². The Morgan fingerprint density at radius 2 is 1.71 bits per heavy atom. The maximum atomic E-state index is 12.8. The Morgan fingerprint density at radius 1 is 1.04 bits per heavy atom. The number of Topliss-reactive ketones (excluding diaryl/α,β-unsaturated/α-hetero) is 1. The van der Waals surface area contributed by atoms with Crippen molar-refractivity contribution >= 4 is 23.4 Å². The van der Waals surface area contributed by atoms with Crippen molar-refractivity contribution in [3.8, 4) is 0 Å². The van der Waals surface area contributed by atoms with Gasteiger partial charge in [-0.05, 0) is 35.7 Å². The summed E-state index contributed by atoms with van der Waals surface area (Å²) in [4.78, 5) is 24.2. The quantitative estimate of drug-likeness (QED) is 0.463. The molecule has 0 amide bonds. The van der Waals surface area contributed by atoms with Crippen LogP contribution in [0, 0.1) is 11.8 Å². The summed E-state index contributed by atoms with van der Waals surface area (Å²) < 4.78 is 4.64. The molecule has 0 aromatic heterocycles. The van der Waals surface area contributed by atoms with Crippen LogP contribution < -0.4 is 0 Å². The standard InChI is InChI=1S/C20H17ClO3/c1-24-17(22)12-11-16-18(13-5-3-2-4-6-13)19(16)20(23)14-7-9-15(21)10-8-14/h2-12,16,18-19H,1H3/b12-11+/t16-,18+,19+/m1/s1. The molecule has 0 spiro atoms. The first kappa shape index (κ1) is 16.5. The van der Waals surface area contributed by atoms with Crippen LogP contribution in [0.15, 0.2) is 66.7 Å². The number of ketones is 1. The fourth-order valence-corrected chi connectivity index (χ4v) is 3.21. The maximum absolute atomic E-state index is 12.8. The molecule has 1 aliphatic carbocycles. The Hall–Kier alpha value is -2.39. The minimum absolute atomic E-state index is 0.00493. The van der Waals surface area contributed by atoms with Crippen LogP contribution in [0.1, 0.15) is 21.8 Å². The number of halogens is 1. The van der Waals surface area contributed by atoms with Gasteiger partial charge in [-0.2, -0.15) is 0 Å². The Labute approximate surface area is 145 Å². The molecule has 3 nitrogen and oxygen atoms in total. The highest BCUT2D eigenvalue weighted by molar-refractivity contribution is 6.30. The molecule has 0 saturated heterocycles. The zero-order chi connectivity index (χ0) is 17.1. The van der Waals surface area contributed by atoms with Crippen molar-refractivity contribution in [3.05, 3.63) is 82.9 Å². The van der Waals surface area contributed by atoms with Gasteiger partial charge in [0, 0.05) is 28.5 Å². The van der Waals surface area contributed by atoms with Gasteiger partial charge in [0.15, 0.2) is 5.78 Å². The van der Waals surface area contributed by atoms with E-state index in [0.717, 1.165) is 5.56 Å². The zero-order valence-corrected chi connectivity index (χ0v) is 13.9. The lowest BCUT2D eigenvalue weighted by Gasteiger charge is -2.01. The predicted molar refractivity (Wildman–Crippen MR) is 93.1 cm³/mol. The van der Waals surface area contributed by atoms with Gasteiger partial charge in [0.25, 0.3) is 0 Å². The second kappa shape index (κ2) is 7.02. The lowest BCUT2D eigenvalue weighted by atomic mass is 10.0. The normalized spacial score (nSPS) is 22.3. The number of hydrogen-bond acceptors (Lipinski definition) is 3. The highest BCUT2D eigenvalue weighted by atomic mass is 35.5. The summed E-state index contributed by atoms with van der Waals surface area (Å²) in [5.41, 5.74) is 1.74. The van der Waals surface area contributed by atoms with Crippen LogP contribution in [0.25, 0.3) is 0 Å². The van der Waals surface area contributed by atoms with E-state index in [1.807, 2.05) is 30.3 Å². The molecule has 4 heteroatoms. The van der Waals surface area contributed by atoms with E-state index in [2.05, 4.69) is 4.74 Å². The number of carbonyl (C=O) groups is 2. The van der Waals surface area contributed by atoms with Crippen molar-refractivity contribution in [1.82, 2.24) is 0 Å². The van der Waals surface area contributed by atoms with Gasteiger partial charge in [0.2, 0.25) is 0 Å². The SMILES string of the molecule is COC(=O)/C=C/[C@H]1[C@H](C(=O)c2ccc(Cl)cc2)[C@H]1c1ccccc1. The number of hydrogen-bond donors (Lipinski definition) is 0. The summed E-state index contributed by atoms with van der Waals surface area (Å²) in [5.74, 6) is -0.439. The molecule has 1 aliphatic rings. The molecule has 0 N–H and O–H groups in total. The number of carbonyl (C=O) groups excluding carboxylic acids is 2. The molecule has 0 radical (unpaired) electrons. The summed E-state index contributed by atoms with van der Waals surface area (Å²) in [5, 5.41) is 0.601. The summed E-state index contributed by atoms with van der Waals surface area (Å²) in [6, 6.07) is 16.8. The van der Waals surface area contributed by atoms with Crippen molar-refractivity contribution in [2.24, 2.45) is 11.8 Å². The Kier molecular flexibility index (Phi) is 4.81. The molecule has 122 valence electrons. The molecule has 1 saturated carbocycles. The second-order valence-electron chi connectivity index (χ2n) is 5.79. The number of methoxy groups -OCH3 is 1. The molecule has 0 heterocycles. The first-order valence-corrected chi connectivity index (χ1v) is 8.10. The maximum Gasteiger partial charge on any atom is 0.330 e. The van der Waals surface area contributed by atoms with Crippen LogP contribution in [0.4, 0.5) is 0 Å². The average molecular weight is 341 g/mol. The van der Waals surface area contributed by atoms with Crippen molar-refractivity contribution < 1.29 is 14.3 Å². The van der Waals surface area contributed by atoms with Crippen molar-refractivity contribution in [3.63, 3.8) is 0 Å². The van der Waals surface area contributed by atoms with E-state index in [-0.39, 0.29) is 23.5 Å². The van der Waals surface area contributed by atoms with Crippen LogP contribution in [0.3, 0.4) is 0 Å². The van der Waals surface area contributed by atoms with Crippen LogP contribution in [0.5, 0.6) is 0 Å². The van der Waals surface area contributed by atoms with Crippen molar-refractivity contribution in [1.29, 1.82) is 0 Å². The number of ether oxygens (including phenoxy) is 1. The molecule has 0 unspecified atom stereocenters. The minimum Gasteiger partial charge on any atom is -0.466 e. The zero-order valence-electron chi connectivity index (χ0n) is 13.2. The lowest BCUT2D eigenvalue weighted by Crippen LogP contribution is -2.04. The Balaban J connectivity index is 1.85. The molecule has 0 aliphatic heterocycles. The van der Waals surface area contributed by atoms with Crippen LogP contribution in [-0.2, 0) is 9.53 Å². The highest BCUT2D eigenvalue weighted by Crippen LogP contribution is 2.56. The molecule has 3 rings (SSSR count). The number of benzene rings is 2. The van der Waals surface area contributed by atoms with E-state index < -0.39 is 5.97 Å². The Morgan fingerprint density at radius 3 is 2.33 bits per heavy atom. The summed E-state index contributed by atoms with van der Waals surface area (Å²) in [6.45, 7) is 0. The summed E-state index contributed by atoms with van der Waals surface area (Å²) >= 11 is 5.89. The topological polar surface area (TPSA) is 43.4 Å². The van der Waals surface area contributed by atoms with Crippen LogP contribution in [0.2, 0.25) is 5.02 Å². The molecule has 0 bridgehead atoms. The fourth-order valence-electron chi connectivity index (χ4n) is 3.08. The summed E-state index contributed by atoms with van der Waals surface area (Å²) in [7, 11) is 1.34. The smallest absolute Gasteiger partial charge is 0.330 e. The summed E-state index contributed by atoms with van der Waals surface area (Å²) in [6.07, 6.45) is 3.18.